The summed E-state index contributed by atoms with van der Waals surface area (Å²) in [6.45, 7) is 3.44. The Labute approximate surface area is 129 Å². The molecule has 120 valence electrons. The molecule has 1 aromatic carbocycles. The predicted molar refractivity (Wildman–Crippen MR) is 82.3 cm³/mol. The van der Waals surface area contributed by atoms with Crippen LogP contribution < -0.4 is 4.90 Å². The van der Waals surface area contributed by atoms with E-state index in [0.29, 0.717) is 25.3 Å². The summed E-state index contributed by atoms with van der Waals surface area (Å²) in [6, 6.07) is 6.21. The summed E-state index contributed by atoms with van der Waals surface area (Å²) in [5.74, 6) is -0.328. The lowest BCUT2D eigenvalue weighted by molar-refractivity contribution is -0.123. The highest BCUT2D eigenvalue weighted by Gasteiger charge is 2.47. The minimum atomic E-state index is -0.327. The Morgan fingerprint density at radius 2 is 2.18 bits per heavy atom. The number of nitrogens with zero attached hydrogens (tertiary/aromatic N) is 3. The van der Waals surface area contributed by atoms with Gasteiger partial charge in [-0.1, -0.05) is 6.07 Å². The van der Waals surface area contributed by atoms with Crippen molar-refractivity contribution in [3.05, 3.63) is 30.1 Å². The van der Waals surface area contributed by atoms with Crippen molar-refractivity contribution in [1.82, 2.24) is 9.80 Å². The van der Waals surface area contributed by atoms with Crippen molar-refractivity contribution in [2.45, 2.75) is 12.0 Å². The monoisotopic (exact) mass is 307 g/mol. The quantitative estimate of drug-likeness (QED) is 0.885. The fraction of sp³-hybridized carbons (Fsp3) is 0.562. The number of halogens is 1. The van der Waals surface area contributed by atoms with Crippen LogP contribution in [0.5, 0.6) is 0 Å². The van der Waals surface area contributed by atoms with Crippen molar-refractivity contribution in [1.29, 1.82) is 0 Å². The third-order valence-electron chi connectivity index (χ3n) is 4.88. The van der Waals surface area contributed by atoms with Gasteiger partial charge in [0, 0.05) is 31.9 Å². The molecule has 2 fully saturated rings. The van der Waals surface area contributed by atoms with Gasteiger partial charge in [0.2, 0.25) is 5.91 Å². The summed E-state index contributed by atoms with van der Waals surface area (Å²) in [6.07, 6.45) is 0.947. The molecule has 1 spiro atoms. The summed E-state index contributed by atoms with van der Waals surface area (Å²) >= 11 is 0. The normalized spacial score (nSPS) is 27.0. The van der Waals surface area contributed by atoms with Gasteiger partial charge in [0.15, 0.2) is 0 Å². The molecule has 0 saturated carbocycles. The van der Waals surface area contributed by atoms with Crippen LogP contribution in [-0.2, 0) is 4.79 Å². The fourth-order valence-corrected chi connectivity index (χ4v) is 3.55. The van der Waals surface area contributed by atoms with Crippen molar-refractivity contribution >= 4 is 11.6 Å². The smallest absolute Gasteiger partial charge is 0.241 e. The maximum atomic E-state index is 13.5. The van der Waals surface area contributed by atoms with E-state index in [-0.39, 0.29) is 23.9 Å². The maximum Gasteiger partial charge on any atom is 0.241 e. The number of amides is 1. The second kappa shape index (κ2) is 5.95. The first-order chi connectivity index (χ1) is 10.5. The highest BCUT2D eigenvalue weighted by atomic mass is 19.1. The van der Waals surface area contributed by atoms with Crippen LogP contribution in [-0.4, -0.2) is 72.7 Å². The number of likely N-dealkylation sites (tertiary alicyclic amines) is 1. The number of rotatable bonds is 3. The third-order valence-corrected chi connectivity index (χ3v) is 4.88. The van der Waals surface area contributed by atoms with Gasteiger partial charge in [0.05, 0.1) is 18.7 Å². The number of carbonyl (C=O) groups is 1. The topological polar surface area (TPSA) is 47.0 Å². The number of likely N-dealkylation sites (N-methyl/N-ethyl adjacent to an activating group) is 1. The van der Waals surface area contributed by atoms with Crippen LogP contribution in [0.15, 0.2) is 24.3 Å². The van der Waals surface area contributed by atoms with E-state index >= 15 is 0 Å². The Morgan fingerprint density at radius 3 is 2.91 bits per heavy atom. The van der Waals surface area contributed by atoms with Crippen molar-refractivity contribution in [2.75, 3.05) is 51.3 Å². The van der Waals surface area contributed by atoms with Crippen LogP contribution in [0.4, 0.5) is 10.1 Å². The van der Waals surface area contributed by atoms with Crippen LogP contribution in [0.25, 0.3) is 0 Å². The average molecular weight is 307 g/mol. The Kier molecular flexibility index (Phi) is 4.16. The van der Waals surface area contributed by atoms with Gasteiger partial charge in [-0.15, -0.1) is 0 Å². The van der Waals surface area contributed by atoms with Crippen molar-refractivity contribution in [3.8, 4) is 0 Å². The number of benzene rings is 1. The Bertz CT molecular complexity index is 568. The molecule has 0 unspecified atom stereocenters. The molecule has 2 aliphatic rings. The first-order valence-corrected chi connectivity index (χ1v) is 7.64. The zero-order valence-corrected chi connectivity index (χ0v) is 12.8. The number of hydrogen-bond donors (Lipinski definition) is 1. The zero-order valence-electron chi connectivity index (χ0n) is 12.8. The van der Waals surface area contributed by atoms with Crippen molar-refractivity contribution in [3.63, 3.8) is 0 Å². The van der Waals surface area contributed by atoms with Gasteiger partial charge in [-0.2, -0.15) is 0 Å². The lowest BCUT2D eigenvalue weighted by Crippen LogP contribution is -2.64. The SMILES string of the molecule is CN1CC(=O)N(c2cccc(F)c2)C[C@@]12CCN(CCO)C2. The summed E-state index contributed by atoms with van der Waals surface area (Å²) in [7, 11) is 1.98. The largest absolute Gasteiger partial charge is 0.395 e. The summed E-state index contributed by atoms with van der Waals surface area (Å²) in [4.78, 5) is 18.4. The lowest BCUT2D eigenvalue weighted by atomic mass is 9.92. The number of anilines is 1. The van der Waals surface area contributed by atoms with Crippen LogP contribution in [0.1, 0.15) is 6.42 Å². The van der Waals surface area contributed by atoms with Crippen LogP contribution >= 0.6 is 0 Å². The van der Waals surface area contributed by atoms with Gasteiger partial charge in [0.25, 0.3) is 0 Å². The van der Waals surface area contributed by atoms with E-state index in [1.165, 1.54) is 12.1 Å². The molecule has 5 nitrogen and oxygen atoms in total. The maximum absolute atomic E-state index is 13.5. The molecule has 0 aliphatic carbocycles. The molecule has 1 amide bonds. The lowest BCUT2D eigenvalue weighted by Gasteiger charge is -2.47. The molecule has 1 atom stereocenters. The van der Waals surface area contributed by atoms with E-state index in [2.05, 4.69) is 9.80 Å². The first kappa shape index (κ1) is 15.4. The third kappa shape index (κ3) is 2.74. The Morgan fingerprint density at radius 1 is 1.36 bits per heavy atom. The second-order valence-corrected chi connectivity index (χ2v) is 6.29. The average Bonchev–Trinajstić information content (AvgIpc) is 2.88. The summed E-state index contributed by atoms with van der Waals surface area (Å²) in [5.41, 5.74) is 0.508. The van der Waals surface area contributed by atoms with E-state index < -0.39 is 0 Å². The van der Waals surface area contributed by atoms with Crippen molar-refractivity contribution in [2.24, 2.45) is 0 Å². The number of carbonyl (C=O) groups excluding carboxylic acids is 1. The number of β-amino-alcohol motifs (C(OH)–C–C–N with tert-alkyl or cyclic N) is 1. The summed E-state index contributed by atoms with van der Waals surface area (Å²) < 4.78 is 13.5. The van der Waals surface area contributed by atoms with Crippen LogP contribution in [0, 0.1) is 5.82 Å². The van der Waals surface area contributed by atoms with Crippen LogP contribution in [0.2, 0.25) is 0 Å². The minimum Gasteiger partial charge on any atom is -0.395 e. The highest BCUT2D eigenvalue weighted by Crippen LogP contribution is 2.33. The number of hydrogen-bond acceptors (Lipinski definition) is 4. The Hall–Kier alpha value is -1.50. The molecule has 6 heteroatoms. The van der Waals surface area contributed by atoms with E-state index in [4.69, 9.17) is 5.11 Å². The second-order valence-electron chi connectivity index (χ2n) is 6.29. The molecule has 2 heterocycles. The molecule has 3 rings (SSSR count). The molecule has 1 aromatic rings. The van der Waals surface area contributed by atoms with Gasteiger partial charge >= 0.3 is 0 Å². The highest BCUT2D eigenvalue weighted by molar-refractivity contribution is 5.96. The first-order valence-electron chi connectivity index (χ1n) is 7.64. The molecule has 1 N–H and O–H groups in total. The van der Waals surface area contributed by atoms with Gasteiger partial charge in [0.1, 0.15) is 5.82 Å². The molecule has 2 aliphatic heterocycles. The molecule has 0 radical (unpaired) electrons. The molecular weight excluding hydrogens is 285 g/mol. The number of aliphatic hydroxyl groups excluding tert-OH is 1. The van der Waals surface area contributed by atoms with E-state index in [1.54, 1.807) is 17.0 Å². The molecule has 22 heavy (non-hydrogen) atoms. The molecule has 0 bridgehead atoms. The summed E-state index contributed by atoms with van der Waals surface area (Å²) in [5, 5.41) is 9.12. The van der Waals surface area contributed by atoms with Crippen LogP contribution in [0.3, 0.4) is 0 Å². The van der Waals surface area contributed by atoms with E-state index in [9.17, 15) is 9.18 Å². The predicted octanol–water partition coefficient (Wildman–Crippen LogP) is 0.541. The molecular formula is C16H22FN3O2. The van der Waals surface area contributed by atoms with Crippen molar-refractivity contribution < 1.29 is 14.3 Å². The molecule has 0 aromatic heterocycles. The fourth-order valence-electron chi connectivity index (χ4n) is 3.55. The van der Waals surface area contributed by atoms with Gasteiger partial charge in [-0.25, -0.2) is 4.39 Å². The standard InChI is InChI=1S/C16H22FN3O2/c1-18-10-15(22)20(14-4-2-3-13(17)9-14)12-16(18)5-6-19(11-16)7-8-21/h2-4,9,21H,5-8,10-12H2,1H3/t16-/m0/s1. The number of piperazine rings is 1. The molecule has 2 saturated heterocycles. The zero-order chi connectivity index (χ0) is 15.7. The van der Waals surface area contributed by atoms with E-state index in [1.807, 2.05) is 7.05 Å². The number of aliphatic hydroxyl groups is 1. The Balaban J connectivity index is 1.83. The van der Waals surface area contributed by atoms with Gasteiger partial charge in [-0.05, 0) is 31.7 Å². The minimum absolute atomic E-state index is 0.000617. The van der Waals surface area contributed by atoms with Gasteiger partial charge < -0.3 is 10.0 Å². The van der Waals surface area contributed by atoms with Gasteiger partial charge in [-0.3, -0.25) is 14.6 Å². The van der Waals surface area contributed by atoms with E-state index in [0.717, 1.165) is 19.5 Å².